The zero-order valence-corrected chi connectivity index (χ0v) is 14.4. The van der Waals surface area contributed by atoms with E-state index in [-0.39, 0.29) is 11.5 Å². The largest absolute Gasteiger partial charge is 0.414 e. The summed E-state index contributed by atoms with van der Waals surface area (Å²) in [4.78, 5) is 4.70. The SMILES string of the molecule is CCP(=O)(OC(=NOC)c1ccccc1F)SCC(C)C. The average Bonchev–Trinajstić information content (AvgIpc) is 2.45. The molecule has 0 heterocycles. The van der Waals surface area contributed by atoms with Crippen LogP contribution in [0.4, 0.5) is 4.39 Å². The van der Waals surface area contributed by atoms with E-state index >= 15 is 0 Å². The lowest BCUT2D eigenvalue weighted by molar-refractivity contribution is 0.206. The van der Waals surface area contributed by atoms with Gasteiger partial charge in [-0.2, -0.15) is 0 Å². The monoisotopic (exact) mass is 333 g/mol. The van der Waals surface area contributed by atoms with Crippen molar-refractivity contribution in [2.75, 3.05) is 19.0 Å². The van der Waals surface area contributed by atoms with Gasteiger partial charge in [-0.05, 0) is 23.2 Å². The summed E-state index contributed by atoms with van der Waals surface area (Å²) in [6.45, 7) is 2.86. The number of halogens is 1. The van der Waals surface area contributed by atoms with Crippen LogP contribution in [0.5, 0.6) is 0 Å². The molecule has 0 aliphatic heterocycles. The van der Waals surface area contributed by atoms with E-state index in [4.69, 9.17) is 9.36 Å². The van der Waals surface area contributed by atoms with Gasteiger partial charge in [0.15, 0.2) is 0 Å². The molecule has 0 saturated heterocycles. The maximum Gasteiger partial charge on any atom is 0.304 e. The normalized spacial score (nSPS) is 14.9. The summed E-state index contributed by atoms with van der Waals surface area (Å²) in [5.41, 5.74) is 0.137. The smallest absolute Gasteiger partial charge is 0.304 e. The van der Waals surface area contributed by atoms with E-state index < -0.39 is 12.4 Å². The fraction of sp³-hybridized carbons (Fsp3) is 0.500. The standard InChI is InChI=1S/C14H21FNO3PS/c1-5-20(17,21-10-11(2)3)19-14(16-18-4)12-8-6-7-9-13(12)15/h6-9,11H,5,10H2,1-4H3. The summed E-state index contributed by atoms with van der Waals surface area (Å²) in [6, 6.07) is 6.03. The number of hydrogen-bond acceptors (Lipinski definition) is 5. The highest BCUT2D eigenvalue weighted by molar-refractivity contribution is 8.56. The molecule has 0 aliphatic carbocycles. The Morgan fingerprint density at radius 3 is 2.62 bits per heavy atom. The van der Waals surface area contributed by atoms with Crippen LogP contribution in [0.15, 0.2) is 29.4 Å². The van der Waals surface area contributed by atoms with Gasteiger partial charge < -0.3 is 9.36 Å². The lowest BCUT2D eigenvalue weighted by atomic mass is 10.2. The van der Waals surface area contributed by atoms with E-state index in [9.17, 15) is 8.96 Å². The minimum Gasteiger partial charge on any atom is -0.414 e. The van der Waals surface area contributed by atoms with Gasteiger partial charge in [0.2, 0.25) is 0 Å². The molecule has 1 atom stereocenters. The lowest BCUT2D eigenvalue weighted by Gasteiger charge is -2.19. The van der Waals surface area contributed by atoms with Gasteiger partial charge in [-0.1, -0.05) is 44.3 Å². The Balaban J connectivity index is 3.00. The zero-order chi connectivity index (χ0) is 15.9. The van der Waals surface area contributed by atoms with Gasteiger partial charge >= 0.3 is 6.57 Å². The van der Waals surface area contributed by atoms with Crippen LogP contribution in [-0.2, 0) is 13.9 Å². The highest BCUT2D eigenvalue weighted by atomic mass is 32.7. The van der Waals surface area contributed by atoms with Gasteiger partial charge in [-0.3, -0.25) is 4.57 Å². The molecule has 1 aromatic carbocycles. The number of hydrogen-bond donors (Lipinski definition) is 0. The van der Waals surface area contributed by atoms with Crippen LogP contribution in [0.1, 0.15) is 26.3 Å². The van der Waals surface area contributed by atoms with Gasteiger partial charge in [0.25, 0.3) is 5.90 Å². The van der Waals surface area contributed by atoms with Crippen LogP contribution in [0, 0.1) is 11.7 Å². The molecular formula is C14H21FNO3PS. The molecule has 118 valence electrons. The Kier molecular flexibility index (Phi) is 7.26. The lowest BCUT2D eigenvalue weighted by Crippen LogP contribution is -2.09. The number of oxime groups is 1. The van der Waals surface area contributed by atoms with Crippen molar-refractivity contribution < 1.29 is 18.3 Å². The van der Waals surface area contributed by atoms with E-state index in [2.05, 4.69) is 5.16 Å². The number of benzene rings is 1. The molecule has 0 aliphatic rings. The first kappa shape index (κ1) is 18.1. The van der Waals surface area contributed by atoms with Gasteiger partial charge in [0, 0.05) is 11.9 Å². The van der Waals surface area contributed by atoms with Gasteiger partial charge in [0.1, 0.15) is 12.9 Å². The molecule has 4 nitrogen and oxygen atoms in total. The molecule has 1 rings (SSSR count). The van der Waals surface area contributed by atoms with E-state index in [0.29, 0.717) is 17.8 Å². The summed E-state index contributed by atoms with van der Waals surface area (Å²) < 4.78 is 32.1. The van der Waals surface area contributed by atoms with Crippen molar-refractivity contribution in [2.45, 2.75) is 20.8 Å². The average molecular weight is 333 g/mol. The molecule has 0 bridgehead atoms. The molecule has 1 aromatic rings. The second-order valence-electron chi connectivity index (χ2n) is 4.77. The Morgan fingerprint density at radius 1 is 1.43 bits per heavy atom. The van der Waals surface area contributed by atoms with Crippen LogP contribution in [0.2, 0.25) is 0 Å². The third-order valence-electron chi connectivity index (χ3n) is 2.50. The van der Waals surface area contributed by atoms with E-state index in [1.165, 1.54) is 30.6 Å². The fourth-order valence-corrected chi connectivity index (χ4v) is 5.19. The summed E-state index contributed by atoms with van der Waals surface area (Å²) in [6.07, 6.45) is 0.335. The van der Waals surface area contributed by atoms with Gasteiger partial charge in [0.05, 0.1) is 5.56 Å². The molecule has 0 fully saturated rings. The van der Waals surface area contributed by atoms with Gasteiger partial charge in [-0.15, -0.1) is 0 Å². The summed E-state index contributed by atoms with van der Waals surface area (Å²) in [7, 11) is 1.34. The highest BCUT2D eigenvalue weighted by Gasteiger charge is 2.27. The maximum absolute atomic E-state index is 13.8. The topological polar surface area (TPSA) is 47.9 Å². The minimum atomic E-state index is -2.99. The fourth-order valence-electron chi connectivity index (χ4n) is 1.41. The van der Waals surface area contributed by atoms with E-state index in [1.54, 1.807) is 19.1 Å². The van der Waals surface area contributed by atoms with Crippen molar-refractivity contribution in [3.05, 3.63) is 35.6 Å². The zero-order valence-electron chi connectivity index (χ0n) is 12.7. The predicted octanol–water partition coefficient (Wildman–Crippen LogP) is 4.75. The molecular weight excluding hydrogens is 312 g/mol. The second kappa shape index (κ2) is 8.44. The van der Waals surface area contributed by atoms with Crippen LogP contribution in [0.3, 0.4) is 0 Å². The van der Waals surface area contributed by atoms with Crippen molar-refractivity contribution in [3.8, 4) is 0 Å². The van der Waals surface area contributed by atoms with Crippen molar-refractivity contribution in [2.24, 2.45) is 11.1 Å². The quantitative estimate of drug-likeness (QED) is 0.313. The van der Waals surface area contributed by atoms with E-state index in [0.717, 1.165) is 0 Å². The summed E-state index contributed by atoms with van der Waals surface area (Å²) in [5.74, 6) is 0.499. The summed E-state index contributed by atoms with van der Waals surface area (Å²) in [5, 5.41) is 3.68. The van der Waals surface area contributed by atoms with Crippen LogP contribution in [0.25, 0.3) is 0 Å². The molecule has 0 N–H and O–H groups in total. The number of nitrogens with zero attached hydrogens (tertiary/aromatic N) is 1. The van der Waals surface area contributed by atoms with Crippen molar-refractivity contribution in [1.29, 1.82) is 0 Å². The third-order valence-corrected chi connectivity index (χ3v) is 7.56. The molecule has 7 heteroatoms. The molecule has 0 amide bonds. The van der Waals surface area contributed by atoms with Crippen molar-refractivity contribution >= 4 is 23.9 Å². The molecule has 1 unspecified atom stereocenters. The minimum absolute atomic E-state index is 0.0861. The highest BCUT2D eigenvalue weighted by Crippen LogP contribution is 2.60. The Morgan fingerprint density at radius 2 is 2.10 bits per heavy atom. The Labute approximate surface area is 129 Å². The summed E-state index contributed by atoms with van der Waals surface area (Å²) >= 11 is 1.26. The van der Waals surface area contributed by atoms with Crippen molar-refractivity contribution in [3.63, 3.8) is 0 Å². The van der Waals surface area contributed by atoms with Crippen LogP contribution in [-0.4, -0.2) is 24.9 Å². The molecule has 21 heavy (non-hydrogen) atoms. The molecule has 0 radical (unpaired) electrons. The van der Waals surface area contributed by atoms with Crippen LogP contribution >= 0.6 is 18.0 Å². The van der Waals surface area contributed by atoms with Gasteiger partial charge in [-0.25, -0.2) is 4.39 Å². The first-order valence-corrected chi connectivity index (χ1v) is 10.1. The third kappa shape index (κ3) is 5.71. The van der Waals surface area contributed by atoms with Crippen molar-refractivity contribution in [1.82, 2.24) is 0 Å². The predicted molar refractivity (Wildman–Crippen MR) is 86.5 cm³/mol. The Bertz CT molecular complexity index is 537. The second-order valence-corrected chi connectivity index (χ2v) is 9.84. The van der Waals surface area contributed by atoms with Crippen LogP contribution < -0.4 is 0 Å². The molecule has 0 saturated carbocycles. The first-order chi connectivity index (χ1) is 9.91. The Hall–Kier alpha value is -1.000. The molecule has 0 aromatic heterocycles. The maximum atomic E-state index is 13.8. The van der Waals surface area contributed by atoms with E-state index in [1.807, 2.05) is 13.8 Å². The number of rotatable bonds is 7. The molecule has 0 spiro atoms. The first-order valence-electron chi connectivity index (χ1n) is 6.71.